The minimum absolute atomic E-state index is 0.0330. The first kappa shape index (κ1) is 12.6. The molecular formula is C9H16N2O2S2. The van der Waals surface area contributed by atoms with Gasteiger partial charge in [-0.15, -0.1) is 11.3 Å². The molecule has 1 rings (SSSR count). The van der Waals surface area contributed by atoms with Crippen LogP contribution in [0.2, 0.25) is 0 Å². The molecule has 0 spiro atoms. The normalized spacial score (nSPS) is 12.3. The lowest BCUT2D eigenvalue weighted by molar-refractivity contribution is 0.583. The minimum Gasteiger partial charge on any atom is -0.249 e. The molecule has 4 nitrogen and oxygen atoms in total. The van der Waals surface area contributed by atoms with Crippen molar-refractivity contribution in [2.24, 2.45) is 0 Å². The second-order valence-corrected chi connectivity index (χ2v) is 6.53. The van der Waals surface area contributed by atoms with Crippen LogP contribution in [0.3, 0.4) is 0 Å². The van der Waals surface area contributed by atoms with Crippen molar-refractivity contribution in [3.05, 3.63) is 16.1 Å². The van der Waals surface area contributed by atoms with E-state index in [1.54, 1.807) is 13.1 Å². The third-order valence-corrected chi connectivity index (χ3v) is 4.66. The van der Waals surface area contributed by atoms with E-state index in [2.05, 4.69) is 9.71 Å². The molecule has 0 bridgehead atoms. The Kier molecular flexibility index (Phi) is 4.24. The number of rotatable bonds is 5. The maximum Gasteiger partial charge on any atom is 0.216 e. The lowest BCUT2D eigenvalue weighted by Gasteiger charge is -2.01. The number of nitrogens with zero attached hydrogens (tertiary/aromatic N) is 1. The molecule has 0 amide bonds. The molecule has 0 atom stereocenters. The molecule has 15 heavy (non-hydrogen) atoms. The van der Waals surface area contributed by atoms with Crippen molar-refractivity contribution in [1.82, 2.24) is 9.71 Å². The average Bonchev–Trinajstić information content (AvgIpc) is 2.51. The maximum atomic E-state index is 11.4. The molecule has 0 saturated carbocycles. The van der Waals surface area contributed by atoms with E-state index in [9.17, 15) is 8.42 Å². The van der Waals surface area contributed by atoms with Gasteiger partial charge < -0.3 is 0 Å². The third kappa shape index (κ3) is 3.89. The molecule has 0 aliphatic carbocycles. The van der Waals surface area contributed by atoms with Crippen molar-refractivity contribution < 1.29 is 8.42 Å². The van der Waals surface area contributed by atoms with Gasteiger partial charge in [0.15, 0.2) is 0 Å². The summed E-state index contributed by atoms with van der Waals surface area (Å²) < 4.78 is 25.4. The van der Waals surface area contributed by atoms with Crippen LogP contribution in [0, 0.1) is 0 Å². The highest BCUT2D eigenvalue weighted by atomic mass is 32.2. The second-order valence-electron chi connectivity index (χ2n) is 3.58. The Bertz CT molecular complexity index is 410. The number of nitrogens with one attached hydrogen (secondary N) is 1. The molecule has 0 saturated heterocycles. The second kappa shape index (κ2) is 5.05. The Morgan fingerprint density at radius 3 is 2.67 bits per heavy atom. The zero-order valence-corrected chi connectivity index (χ0v) is 10.8. The summed E-state index contributed by atoms with van der Waals surface area (Å²) in [5, 5.41) is 0.983. The van der Waals surface area contributed by atoms with Crippen molar-refractivity contribution in [2.45, 2.75) is 32.4 Å². The van der Waals surface area contributed by atoms with Gasteiger partial charge in [-0.1, -0.05) is 20.8 Å². The number of hydrogen-bond donors (Lipinski definition) is 1. The van der Waals surface area contributed by atoms with Crippen LogP contribution in [0.1, 0.15) is 36.6 Å². The molecule has 1 aromatic heterocycles. The Balaban J connectivity index is 2.73. The summed E-state index contributed by atoms with van der Waals surface area (Å²) in [5.74, 6) is 0.385. The lowest BCUT2D eigenvalue weighted by atomic mass is 10.2. The molecule has 86 valence electrons. The molecule has 0 fully saturated rings. The zero-order chi connectivity index (χ0) is 11.5. The van der Waals surface area contributed by atoms with Gasteiger partial charge in [0, 0.05) is 23.5 Å². The standard InChI is InChI=1S/C9H16N2O2S2/c1-4-11-15(12,13)6-8-5-10-9(14-8)7(2)3/h5,7,11H,4,6H2,1-3H3. The predicted molar refractivity (Wildman–Crippen MR) is 62.5 cm³/mol. The van der Waals surface area contributed by atoms with E-state index in [1.807, 2.05) is 13.8 Å². The summed E-state index contributed by atoms with van der Waals surface area (Å²) in [4.78, 5) is 4.98. The topological polar surface area (TPSA) is 59.1 Å². The van der Waals surface area contributed by atoms with Gasteiger partial charge in [-0.2, -0.15) is 0 Å². The summed E-state index contributed by atoms with van der Waals surface area (Å²) in [6.07, 6.45) is 1.65. The zero-order valence-electron chi connectivity index (χ0n) is 9.15. The van der Waals surface area contributed by atoms with Gasteiger partial charge in [0.1, 0.15) is 5.75 Å². The number of thiazole rings is 1. The summed E-state index contributed by atoms with van der Waals surface area (Å²) >= 11 is 1.46. The highest BCUT2D eigenvalue weighted by Gasteiger charge is 2.13. The fraction of sp³-hybridized carbons (Fsp3) is 0.667. The number of hydrogen-bond acceptors (Lipinski definition) is 4. The van der Waals surface area contributed by atoms with E-state index in [1.165, 1.54) is 11.3 Å². The molecule has 0 aliphatic heterocycles. The SMILES string of the molecule is CCNS(=O)(=O)Cc1cnc(C(C)C)s1. The van der Waals surface area contributed by atoms with Crippen LogP contribution in [0.15, 0.2) is 6.20 Å². The molecule has 0 aromatic carbocycles. The molecule has 1 aromatic rings. The molecule has 0 radical (unpaired) electrons. The smallest absolute Gasteiger partial charge is 0.216 e. The lowest BCUT2D eigenvalue weighted by Crippen LogP contribution is -2.24. The molecule has 1 heterocycles. The number of aromatic nitrogens is 1. The first-order valence-electron chi connectivity index (χ1n) is 4.86. The first-order valence-corrected chi connectivity index (χ1v) is 7.33. The molecule has 0 aliphatic rings. The fourth-order valence-corrected chi connectivity index (χ4v) is 3.52. The van der Waals surface area contributed by atoms with Crippen LogP contribution in [0.25, 0.3) is 0 Å². The van der Waals surface area contributed by atoms with Crippen molar-refractivity contribution in [3.8, 4) is 0 Å². The average molecular weight is 248 g/mol. The van der Waals surface area contributed by atoms with Gasteiger partial charge >= 0.3 is 0 Å². The van der Waals surface area contributed by atoms with Gasteiger partial charge in [-0.25, -0.2) is 18.1 Å². The maximum absolute atomic E-state index is 11.4. The van der Waals surface area contributed by atoms with Crippen LogP contribution in [0.4, 0.5) is 0 Å². The quantitative estimate of drug-likeness (QED) is 0.863. The van der Waals surface area contributed by atoms with Crippen molar-refractivity contribution in [2.75, 3.05) is 6.54 Å². The summed E-state index contributed by atoms with van der Waals surface area (Å²) in [6, 6.07) is 0. The van der Waals surface area contributed by atoms with Crippen LogP contribution < -0.4 is 4.72 Å². The van der Waals surface area contributed by atoms with Crippen molar-refractivity contribution in [1.29, 1.82) is 0 Å². The predicted octanol–water partition coefficient (Wildman–Crippen LogP) is 1.71. The Morgan fingerprint density at radius 1 is 1.53 bits per heavy atom. The molecule has 1 N–H and O–H groups in total. The third-order valence-electron chi connectivity index (χ3n) is 1.76. The van der Waals surface area contributed by atoms with E-state index >= 15 is 0 Å². The molecular weight excluding hydrogens is 232 g/mol. The van der Waals surface area contributed by atoms with E-state index in [0.29, 0.717) is 12.5 Å². The van der Waals surface area contributed by atoms with Gasteiger partial charge in [0.05, 0.1) is 5.01 Å². The monoisotopic (exact) mass is 248 g/mol. The van der Waals surface area contributed by atoms with E-state index in [-0.39, 0.29) is 5.75 Å². The van der Waals surface area contributed by atoms with E-state index in [4.69, 9.17) is 0 Å². The van der Waals surface area contributed by atoms with Gasteiger partial charge in [0.25, 0.3) is 0 Å². The van der Waals surface area contributed by atoms with E-state index < -0.39 is 10.0 Å². The Labute approximate surface area is 94.8 Å². The number of sulfonamides is 1. The Morgan fingerprint density at radius 2 is 2.20 bits per heavy atom. The van der Waals surface area contributed by atoms with Crippen LogP contribution in [-0.2, 0) is 15.8 Å². The van der Waals surface area contributed by atoms with Crippen LogP contribution in [0.5, 0.6) is 0 Å². The fourth-order valence-electron chi connectivity index (χ4n) is 1.11. The molecule has 6 heteroatoms. The Hall–Kier alpha value is -0.460. The van der Waals surface area contributed by atoms with Crippen molar-refractivity contribution >= 4 is 21.4 Å². The summed E-state index contributed by atoms with van der Waals surface area (Å²) in [7, 11) is -3.18. The highest BCUT2D eigenvalue weighted by Crippen LogP contribution is 2.22. The van der Waals surface area contributed by atoms with Crippen LogP contribution in [-0.4, -0.2) is 19.9 Å². The summed E-state index contributed by atoms with van der Waals surface area (Å²) in [6.45, 7) is 6.28. The van der Waals surface area contributed by atoms with Crippen LogP contribution >= 0.6 is 11.3 Å². The highest BCUT2D eigenvalue weighted by molar-refractivity contribution is 7.88. The van der Waals surface area contributed by atoms with Gasteiger partial charge in [-0.3, -0.25) is 0 Å². The van der Waals surface area contributed by atoms with E-state index in [0.717, 1.165) is 9.88 Å². The minimum atomic E-state index is -3.18. The first-order chi connectivity index (χ1) is 6.94. The molecule has 0 unspecified atom stereocenters. The van der Waals surface area contributed by atoms with Gasteiger partial charge in [-0.05, 0) is 0 Å². The summed E-state index contributed by atoms with van der Waals surface area (Å²) in [5.41, 5.74) is 0. The van der Waals surface area contributed by atoms with Gasteiger partial charge in [0.2, 0.25) is 10.0 Å². The largest absolute Gasteiger partial charge is 0.249 e. The van der Waals surface area contributed by atoms with Crippen molar-refractivity contribution in [3.63, 3.8) is 0 Å².